The van der Waals surface area contributed by atoms with Crippen LogP contribution >= 0.6 is 11.3 Å². The first kappa shape index (κ1) is 28.9. The molecule has 3 amide bonds. The summed E-state index contributed by atoms with van der Waals surface area (Å²) < 4.78 is 28.6. The van der Waals surface area contributed by atoms with Crippen LogP contribution < -0.4 is 14.9 Å². The lowest BCUT2D eigenvalue weighted by atomic mass is 10.0. The van der Waals surface area contributed by atoms with Gasteiger partial charge in [-0.05, 0) is 74.5 Å². The van der Waals surface area contributed by atoms with E-state index in [0.717, 1.165) is 17.7 Å². The van der Waals surface area contributed by atoms with E-state index in [2.05, 4.69) is 20.0 Å². The van der Waals surface area contributed by atoms with Gasteiger partial charge in [0, 0.05) is 19.6 Å². The van der Waals surface area contributed by atoms with Gasteiger partial charge >= 0.3 is 0 Å². The largest absolute Gasteiger partial charge is 0.334 e. The number of piperazine rings is 1. The monoisotopic (exact) mass is 635 g/mol. The van der Waals surface area contributed by atoms with Gasteiger partial charge in [-0.3, -0.25) is 19.3 Å². The number of nitrogens with zero attached hydrogens (tertiary/aromatic N) is 5. The van der Waals surface area contributed by atoms with E-state index in [-0.39, 0.29) is 34.7 Å². The number of carbonyl (C=O) groups excluding carboxylic acids is 3. The average Bonchev–Trinajstić information content (AvgIpc) is 3.41. The Morgan fingerprint density at radius 1 is 1.07 bits per heavy atom. The molecule has 7 rings (SSSR count). The maximum absolute atomic E-state index is 13.3. The van der Waals surface area contributed by atoms with Crippen LogP contribution in [-0.2, 0) is 26.2 Å². The molecule has 1 aromatic carbocycles. The van der Waals surface area contributed by atoms with Gasteiger partial charge in [0.25, 0.3) is 11.8 Å². The highest BCUT2D eigenvalue weighted by Crippen LogP contribution is 2.40. The molecule has 5 heterocycles. The van der Waals surface area contributed by atoms with E-state index in [1.165, 1.54) is 36.1 Å². The van der Waals surface area contributed by atoms with Crippen molar-refractivity contribution < 1.29 is 22.8 Å². The summed E-state index contributed by atoms with van der Waals surface area (Å²) in [4.78, 5) is 54.0. The maximum Gasteiger partial charge on any atom is 0.255 e. The molecule has 2 aromatic heterocycles. The predicted molar refractivity (Wildman–Crippen MR) is 165 cm³/mol. The van der Waals surface area contributed by atoms with Crippen LogP contribution in [0.25, 0.3) is 10.4 Å². The van der Waals surface area contributed by atoms with Crippen LogP contribution in [0.1, 0.15) is 53.7 Å². The maximum atomic E-state index is 13.3. The van der Waals surface area contributed by atoms with Gasteiger partial charge in [0.1, 0.15) is 24.2 Å². The third-order valence-corrected chi connectivity index (χ3v) is 11.4. The second kappa shape index (κ2) is 10.9. The minimum Gasteiger partial charge on any atom is -0.334 e. The fourth-order valence-electron chi connectivity index (χ4n) is 6.32. The van der Waals surface area contributed by atoms with Crippen molar-refractivity contribution in [3.8, 4) is 10.4 Å². The van der Waals surface area contributed by atoms with E-state index in [9.17, 15) is 22.8 Å². The van der Waals surface area contributed by atoms with Gasteiger partial charge < -0.3 is 15.1 Å². The van der Waals surface area contributed by atoms with Gasteiger partial charge in [0.15, 0.2) is 5.13 Å². The number of hydrogen-bond acceptors (Lipinski definition) is 9. The zero-order valence-electron chi connectivity index (χ0n) is 24.5. The first-order valence-electron chi connectivity index (χ1n) is 14.9. The molecule has 1 aliphatic carbocycles. The van der Waals surface area contributed by atoms with Crippen LogP contribution in [-0.4, -0.2) is 78.6 Å². The van der Waals surface area contributed by atoms with Crippen molar-refractivity contribution >= 4 is 55.8 Å². The molecule has 3 aromatic rings. The summed E-state index contributed by atoms with van der Waals surface area (Å²) in [6.45, 7) is 3.41. The molecular formula is C30H33N7O5S2. The van der Waals surface area contributed by atoms with Crippen molar-refractivity contribution in [2.24, 2.45) is 5.92 Å². The third-order valence-electron chi connectivity index (χ3n) is 8.83. The number of anilines is 3. The second-order valence-electron chi connectivity index (χ2n) is 11.8. The number of amides is 3. The fourth-order valence-corrected chi connectivity index (χ4v) is 8.27. The van der Waals surface area contributed by atoms with E-state index < -0.39 is 16.1 Å². The first-order valence-corrected chi connectivity index (χ1v) is 17.2. The smallest absolute Gasteiger partial charge is 0.255 e. The molecule has 4 aliphatic rings. The van der Waals surface area contributed by atoms with Crippen molar-refractivity contribution in [1.29, 1.82) is 0 Å². The predicted octanol–water partition coefficient (Wildman–Crippen LogP) is 3.26. The molecule has 0 bridgehead atoms. The Labute approximate surface area is 259 Å². The number of benzene rings is 1. The highest BCUT2D eigenvalue weighted by molar-refractivity contribution is 7.89. The summed E-state index contributed by atoms with van der Waals surface area (Å²) in [7, 11) is -2.57. The van der Waals surface area contributed by atoms with Crippen LogP contribution in [0.4, 0.5) is 16.8 Å². The van der Waals surface area contributed by atoms with E-state index in [1.54, 1.807) is 34.1 Å². The Hall–Kier alpha value is -3.88. The number of fused-ring (bicyclic) bond motifs is 2. The molecule has 1 atom stereocenters. The van der Waals surface area contributed by atoms with Crippen molar-refractivity contribution in [1.82, 2.24) is 24.5 Å². The number of pyridine rings is 1. The van der Waals surface area contributed by atoms with Crippen LogP contribution in [0.15, 0.2) is 35.2 Å². The molecule has 1 unspecified atom stereocenters. The van der Waals surface area contributed by atoms with Crippen LogP contribution in [0.2, 0.25) is 0 Å². The molecule has 44 heavy (non-hydrogen) atoms. The number of carbonyl (C=O) groups is 3. The molecule has 3 fully saturated rings. The lowest BCUT2D eigenvalue weighted by Crippen LogP contribution is -2.57. The molecular weight excluding hydrogens is 603 g/mol. The van der Waals surface area contributed by atoms with Crippen molar-refractivity contribution in [3.63, 3.8) is 0 Å². The minimum atomic E-state index is -3.91. The zero-order valence-corrected chi connectivity index (χ0v) is 26.1. The van der Waals surface area contributed by atoms with E-state index in [4.69, 9.17) is 0 Å². The summed E-state index contributed by atoms with van der Waals surface area (Å²) in [5.74, 6) is 1.07. The quantitative estimate of drug-likeness (QED) is 0.365. The topological polar surface area (TPSA) is 145 Å². The second-order valence-corrected chi connectivity index (χ2v) is 14.6. The molecule has 14 heteroatoms. The molecule has 0 spiro atoms. The van der Waals surface area contributed by atoms with Crippen LogP contribution in [0.3, 0.4) is 0 Å². The number of aryl methyl sites for hydroxylation is 1. The van der Waals surface area contributed by atoms with Gasteiger partial charge in [-0.15, -0.1) is 0 Å². The number of thiazole rings is 1. The molecule has 0 radical (unpaired) electrons. The summed E-state index contributed by atoms with van der Waals surface area (Å²) in [5, 5.41) is 3.75. The molecule has 2 N–H and O–H groups in total. The Morgan fingerprint density at radius 2 is 1.89 bits per heavy atom. The van der Waals surface area contributed by atoms with Crippen LogP contribution in [0.5, 0.6) is 0 Å². The Morgan fingerprint density at radius 3 is 2.66 bits per heavy atom. The molecule has 1 saturated carbocycles. The van der Waals surface area contributed by atoms with Gasteiger partial charge in [0.2, 0.25) is 15.9 Å². The highest BCUT2D eigenvalue weighted by atomic mass is 32.2. The number of aromatic nitrogens is 2. The fraction of sp³-hybridized carbons (Fsp3) is 0.433. The number of sulfonamides is 1. The summed E-state index contributed by atoms with van der Waals surface area (Å²) in [6, 6.07) is 8.26. The average molecular weight is 636 g/mol. The van der Waals surface area contributed by atoms with Crippen molar-refractivity contribution in [2.45, 2.75) is 56.5 Å². The molecule has 3 aliphatic heterocycles. The minimum absolute atomic E-state index is 0.0235. The lowest BCUT2D eigenvalue weighted by Gasteiger charge is -2.35. The van der Waals surface area contributed by atoms with Gasteiger partial charge in [0.05, 0.1) is 21.0 Å². The summed E-state index contributed by atoms with van der Waals surface area (Å²) >= 11 is 1.34. The molecule has 230 valence electrons. The molecule has 12 nitrogen and oxygen atoms in total. The Bertz CT molecular complexity index is 1800. The van der Waals surface area contributed by atoms with Crippen molar-refractivity contribution in [2.75, 3.05) is 36.9 Å². The molecule has 2 saturated heterocycles. The van der Waals surface area contributed by atoms with Gasteiger partial charge in [-0.1, -0.05) is 30.2 Å². The normalized spacial score (nSPS) is 20.0. The lowest BCUT2D eigenvalue weighted by molar-refractivity contribution is -0.140. The summed E-state index contributed by atoms with van der Waals surface area (Å²) in [6.07, 6.45) is 4.79. The SMILES string of the molecule is CNS(=O)(=O)c1cc(-c2sc(Nc3cccc(N4CC(=O)N5CCCC5C4=O)n3)nc2C)cc2c1C(=O)N(CCC1CC1)C2. The first-order chi connectivity index (χ1) is 21.1. The van der Waals surface area contributed by atoms with E-state index in [0.29, 0.717) is 65.6 Å². The zero-order chi connectivity index (χ0) is 30.7. The van der Waals surface area contributed by atoms with Crippen LogP contribution in [0, 0.1) is 12.8 Å². The van der Waals surface area contributed by atoms with Gasteiger partial charge in [-0.2, -0.15) is 0 Å². The van der Waals surface area contributed by atoms with Crippen molar-refractivity contribution in [3.05, 3.63) is 47.2 Å². The van der Waals surface area contributed by atoms with E-state index in [1.807, 2.05) is 13.0 Å². The Balaban J connectivity index is 1.16. The van der Waals surface area contributed by atoms with E-state index >= 15 is 0 Å². The standard InChI is InChI=1S/C30H33N7O5S2/c1-17-27(19-13-20-15-35(12-10-18-8-9-18)29(40)26(20)22(14-19)44(41,42)31-2)43-30(32-17)34-23-6-3-7-24(33-23)37-16-25(38)36-11-4-5-21(36)28(37)39/h3,6-7,13-14,18,21,31H,4-5,8-12,15-16H2,1-2H3,(H,32,33,34). The van der Waals surface area contributed by atoms with Gasteiger partial charge in [-0.25, -0.2) is 23.1 Å². The highest BCUT2D eigenvalue weighted by Gasteiger charge is 2.43. The number of nitrogens with one attached hydrogen (secondary N) is 2. The third kappa shape index (κ3) is 5.14. The number of hydrogen-bond donors (Lipinski definition) is 2. The summed E-state index contributed by atoms with van der Waals surface area (Å²) in [5.41, 5.74) is 2.29. The Kier molecular flexibility index (Phi) is 7.17. The number of rotatable bonds is 9.